The molecule has 0 aliphatic heterocycles. The average Bonchev–Trinajstić information content (AvgIpc) is 2.76. The van der Waals surface area contributed by atoms with Crippen LogP contribution in [0.1, 0.15) is 31.7 Å². The standard InChI is InChI=1S/C15H21N3O/c1-10(2)8-12(16)9-14-17-15(18-19-14)13-7-5-4-6-11(13)3/h4-7,10,12H,8-9,16H2,1-3H3. The number of nitrogens with two attached hydrogens (primary N) is 1. The second-order valence-corrected chi connectivity index (χ2v) is 5.42. The Kier molecular flexibility index (Phi) is 4.32. The van der Waals surface area contributed by atoms with Crippen LogP contribution in [-0.2, 0) is 6.42 Å². The van der Waals surface area contributed by atoms with E-state index < -0.39 is 0 Å². The zero-order valence-corrected chi connectivity index (χ0v) is 11.8. The van der Waals surface area contributed by atoms with Gasteiger partial charge in [0.2, 0.25) is 11.7 Å². The van der Waals surface area contributed by atoms with Gasteiger partial charge in [0.1, 0.15) is 0 Å². The number of aryl methyl sites for hydroxylation is 1. The van der Waals surface area contributed by atoms with E-state index in [1.807, 2.05) is 31.2 Å². The van der Waals surface area contributed by atoms with Crippen LogP contribution in [0, 0.1) is 12.8 Å². The summed E-state index contributed by atoms with van der Waals surface area (Å²) in [4.78, 5) is 4.43. The maximum atomic E-state index is 6.06. The molecule has 1 aromatic heterocycles. The minimum absolute atomic E-state index is 0.0742. The van der Waals surface area contributed by atoms with Gasteiger partial charge in [-0.3, -0.25) is 0 Å². The SMILES string of the molecule is Cc1ccccc1-c1noc(CC(N)CC(C)C)n1. The monoisotopic (exact) mass is 259 g/mol. The molecule has 0 spiro atoms. The Bertz CT molecular complexity index is 534. The topological polar surface area (TPSA) is 64.9 Å². The van der Waals surface area contributed by atoms with Crippen LogP contribution < -0.4 is 5.73 Å². The molecule has 2 N–H and O–H groups in total. The first-order valence-corrected chi connectivity index (χ1v) is 6.70. The summed E-state index contributed by atoms with van der Waals surface area (Å²) in [6.45, 7) is 6.36. The normalized spacial score (nSPS) is 12.9. The first-order valence-electron chi connectivity index (χ1n) is 6.70. The van der Waals surface area contributed by atoms with Crippen LogP contribution in [0.3, 0.4) is 0 Å². The molecule has 0 aliphatic carbocycles. The Labute approximate surface area is 114 Å². The van der Waals surface area contributed by atoms with Gasteiger partial charge in [-0.15, -0.1) is 0 Å². The van der Waals surface area contributed by atoms with E-state index in [-0.39, 0.29) is 6.04 Å². The second-order valence-electron chi connectivity index (χ2n) is 5.42. The number of aromatic nitrogens is 2. The van der Waals surface area contributed by atoms with Crippen molar-refractivity contribution in [1.82, 2.24) is 10.1 Å². The summed E-state index contributed by atoms with van der Waals surface area (Å²) in [5.41, 5.74) is 8.21. The fourth-order valence-corrected chi connectivity index (χ4v) is 2.18. The molecule has 19 heavy (non-hydrogen) atoms. The van der Waals surface area contributed by atoms with Crippen LogP contribution in [0.2, 0.25) is 0 Å². The van der Waals surface area contributed by atoms with Crippen LogP contribution in [0.25, 0.3) is 11.4 Å². The summed E-state index contributed by atoms with van der Waals surface area (Å²) >= 11 is 0. The molecule has 0 amide bonds. The Morgan fingerprint density at radius 2 is 2.00 bits per heavy atom. The molecule has 0 bridgehead atoms. The Balaban J connectivity index is 2.09. The van der Waals surface area contributed by atoms with Gasteiger partial charge < -0.3 is 10.3 Å². The highest BCUT2D eigenvalue weighted by Gasteiger charge is 2.14. The molecular weight excluding hydrogens is 238 g/mol. The summed E-state index contributed by atoms with van der Waals surface area (Å²) in [5.74, 6) is 1.84. The number of hydrogen-bond donors (Lipinski definition) is 1. The van der Waals surface area contributed by atoms with E-state index in [2.05, 4.69) is 24.0 Å². The molecule has 1 heterocycles. The van der Waals surface area contributed by atoms with Gasteiger partial charge in [0.05, 0.1) is 0 Å². The van der Waals surface area contributed by atoms with Gasteiger partial charge in [-0.2, -0.15) is 4.98 Å². The molecule has 0 aliphatic rings. The lowest BCUT2D eigenvalue weighted by Gasteiger charge is -2.10. The minimum Gasteiger partial charge on any atom is -0.339 e. The smallest absolute Gasteiger partial charge is 0.228 e. The van der Waals surface area contributed by atoms with Gasteiger partial charge in [-0.05, 0) is 24.8 Å². The number of hydrogen-bond acceptors (Lipinski definition) is 4. The van der Waals surface area contributed by atoms with Crippen molar-refractivity contribution in [3.05, 3.63) is 35.7 Å². The van der Waals surface area contributed by atoms with Crippen LogP contribution in [0.5, 0.6) is 0 Å². The van der Waals surface area contributed by atoms with Crippen LogP contribution in [0.4, 0.5) is 0 Å². The van der Waals surface area contributed by atoms with Gasteiger partial charge in [0.25, 0.3) is 0 Å². The Morgan fingerprint density at radius 1 is 1.26 bits per heavy atom. The van der Waals surface area contributed by atoms with Gasteiger partial charge >= 0.3 is 0 Å². The number of nitrogens with zero attached hydrogens (tertiary/aromatic N) is 2. The highest BCUT2D eigenvalue weighted by Crippen LogP contribution is 2.20. The van der Waals surface area contributed by atoms with Crippen molar-refractivity contribution in [3.63, 3.8) is 0 Å². The van der Waals surface area contributed by atoms with Crippen LogP contribution >= 0.6 is 0 Å². The molecule has 4 nitrogen and oxygen atoms in total. The zero-order chi connectivity index (χ0) is 13.8. The predicted octanol–water partition coefficient (Wildman–Crippen LogP) is 2.96. The molecule has 2 aromatic rings. The highest BCUT2D eigenvalue weighted by molar-refractivity contribution is 5.58. The van der Waals surface area contributed by atoms with Crippen LogP contribution in [-0.4, -0.2) is 16.2 Å². The summed E-state index contributed by atoms with van der Waals surface area (Å²) < 4.78 is 5.29. The van der Waals surface area contributed by atoms with Crippen molar-refractivity contribution in [1.29, 1.82) is 0 Å². The first kappa shape index (κ1) is 13.7. The van der Waals surface area contributed by atoms with Gasteiger partial charge in [-0.1, -0.05) is 43.3 Å². The molecule has 1 atom stereocenters. The van der Waals surface area contributed by atoms with E-state index in [4.69, 9.17) is 10.3 Å². The van der Waals surface area contributed by atoms with Crippen molar-refractivity contribution in [2.24, 2.45) is 11.7 Å². The number of rotatable bonds is 5. The molecule has 2 rings (SSSR count). The average molecular weight is 259 g/mol. The van der Waals surface area contributed by atoms with E-state index in [0.717, 1.165) is 17.5 Å². The van der Waals surface area contributed by atoms with E-state index in [1.165, 1.54) is 0 Å². The molecule has 0 saturated carbocycles. The molecule has 1 aromatic carbocycles. The van der Waals surface area contributed by atoms with Crippen LogP contribution in [0.15, 0.2) is 28.8 Å². The molecule has 102 valence electrons. The fourth-order valence-electron chi connectivity index (χ4n) is 2.18. The lowest BCUT2D eigenvalue weighted by Crippen LogP contribution is -2.24. The maximum Gasteiger partial charge on any atom is 0.228 e. The molecule has 4 heteroatoms. The third kappa shape index (κ3) is 3.64. The summed E-state index contributed by atoms with van der Waals surface area (Å²) in [6.07, 6.45) is 1.60. The van der Waals surface area contributed by atoms with Crippen molar-refractivity contribution in [3.8, 4) is 11.4 Å². The van der Waals surface area contributed by atoms with Crippen molar-refractivity contribution in [2.45, 2.75) is 39.7 Å². The van der Waals surface area contributed by atoms with E-state index in [9.17, 15) is 0 Å². The Morgan fingerprint density at radius 3 is 2.68 bits per heavy atom. The lowest BCUT2D eigenvalue weighted by atomic mass is 10.0. The Hall–Kier alpha value is -1.68. The molecule has 0 saturated heterocycles. The molecule has 0 fully saturated rings. The summed E-state index contributed by atoms with van der Waals surface area (Å²) in [6, 6.07) is 8.08. The highest BCUT2D eigenvalue weighted by atomic mass is 16.5. The maximum absolute atomic E-state index is 6.06. The second kappa shape index (κ2) is 5.97. The van der Waals surface area contributed by atoms with Gasteiger partial charge in [0, 0.05) is 18.0 Å². The van der Waals surface area contributed by atoms with Crippen molar-refractivity contribution in [2.75, 3.05) is 0 Å². The lowest BCUT2D eigenvalue weighted by molar-refractivity contribution is 0.359. The summed E-state index contributed by atoms with van der Waals surface area (Å²) in [7, 11) is 0. The zero-order valence-electron chi connectivity index (χ0n) is 11.8. The number of benzene rings is 1. The van der Waals surface area contributed by atoms with E-state index in [0.29, 0.717) is 24.1 Å². The third-order valence-electron chi connectivity index (χ3n) is 3.07. The van der Waals surface area contributed by atoms with Crippen molar-refractivity contribution >= 4 is 0 Å². The first-order chi connectivity index (χ1) is 9.06. The molecule has 1 unspecified atom stereocenters. The van der Waals surface area contributed by atoms with Gasteiger partial charge in [0.15, 0.2) is 0 Å². The van der Waals surface area contributed by atoms with Crippen molar-refractivity contribution < 1.29 is 4.52 Å². The molecule has 0 radical (unpaired) electrons. The third-order valence-corrected chi connectivity index (χ3v) is 3.07. The van der Waals surface area contributed by atoms with Gasteiger partial charge in [-0.25, -0.2) is 0 Å². The molecular formula is C15H21N3O. The fraction of sp³-hybridized carbons (Fsp3) is 0.467. The largest absolute Gasteiger partial charge is 0.339 e. The van der Waals surface area contributed by atoms with E-state index >= 15 is 0 Å². The minimum atomic E-state index is 0.0742. The predicted molar refractivity (Wildman–Crippen MR) is 75.6 cm³/mol. The quantitative estimate of drug-likeness (QED) is 0.896. The summed E-state index contributed by atoms with van der Waals surface area (Å²) in [5, 5.41) is 4.04. The van der Waals surface area contributed by atoms with E-state index in [1.54, 1.807) is 0 Å².